The second-order valence-electron chi connectivity index (χ2n) is 7.61. The maximum atomic E-state index is 12.2. The fraction of sp³-hybridized carbons (Fsp3) is 0.647. The predicted molar refractivity (Wildman–Crippen MR) is 91.6 cm³/mol. The average molecular weight is 330 g/mol. The molecule has 1 aliphatic heterocycles. The first-order chi connectivity index (χ1) is 11.3. The van der Waals surface area contributed by atoms with Gasteiger partial charge in [0.1, 0.15) is 12.2 Å². The summed E-state index contributed by atoms with van der Waals surface area (Å²) >= 11 is 0. The minimum Gasteiger partial charge on any atom is -0.320 e. The third kappa shape index (κ3) is 3.56. The summed E-state index contributed by atoms with van der Waals surface area (Å²) in [5.74, 6) is 0.950. The van der Waals surface area contributed by atoms with Gasteiger partial charge in [-0.1, -0.05) is 20.8 Å². The smallest absolute Gasteiger partial charge is 0.266 e. The number of rotatable bonds is 4. The molecule has 2 aromatic rings. The number of likely N-dealkylation sites (tertiary alicyclic amines) is 1. The Morgan fingerprint density at radius 2 is 2.08 bits per heavy atom. The Labute approximate surface area is 142 Å². The summed E-state index contributed by atoms with van der Waals surface area (Å²) in [6, 6.07) is 3.78. The first kappa shape index (κ1) is 16.8. The van der Waals surface area contributed by atoms with Crippen LogP contribution in [0.2, 0.25) is 0 Å². The van der Waals surface area contributed by atoms with E-state index in [-0.39, 0.29) is 11.0 Å². The summed E-state index contributed by atoms with van der Waals surface area (Å²) in [7, 11) is 1.96. The molecule has 0 aliphatic carbocycles. The number of hydrogen-bond acceptors (Lipinski definition) is 5. The van der Waals surface area contributed by atoms with Crippen molar-refractivity contribution in [2.45, 2.75) is 58.2 Å². The van der Waals surface area contributed by atoms with Crippen LogP contribution in [0.4, 0.5) is 0 Å². The molecule has 3 heterocycles. The second kappa shape index (κ2) is 6.47. The van der Waals surface area contributed by atoms with Crippen LogP contribution in [-0.4, -0.2) is 42.0 Å². The van der Waals surface area contributed by atoms with Gasteiger partial charge < -0.3 is 4.57 Å². The van der Waals surface area contributed by atoms with E-state index in [4.69, 9.17) is 0 Å². The Hall–Kier alpha value is -2.02. The van der Waals surface area contributed by atoms with E-state index in [1.165, 1.54) is 0 Å². The van der Waals surface area contributed by atoms with Crippen LogP contribution in [0.15, 0.2) is 23.3 Å². The molecule has 0 saturated carbocycles. The topological polar surface area (TPSA) is 68.8 Å². The molecule has 0 aromatic carbocycles. The first-order valence-corrected chi connectivity index (χ1v) is 8.50. The van der Waals surface area contributed by atoms with Crippen LogP contribution < -0.4 is 5.56 Å². The van der Waals surface area contributed by atoms with Crippen molar-refractivity contribution >= 4 is 0 Å². The number of aromatic nitrogens is 5. The Morgan fingerprint density at radius 3 is 2.75 bits per heavy atom. The molecule has 1 fully saturated rings. The second-order valence-corrected chi connectivity index (χ2v) is 7.61. The highest BCUT2D eigenvalue weighted by Gasteiger charge is 2.27. The Morgan fingerprint density at radius 1 is 1.29 bits per heavy atom. The van der Waals surface area contributed by atoms with Gasteiger partial charge in [0.25, 0.3) is 5.56 Å². The molecule has 0 amide bonds. The molecule has 7 nitrogen and oxygen atoms in total. The van der Waals surface area contributed by atoms with Gasteiger partial charge in [0.2, 0.25) is 0 Å². The Balaban J connectivity index is 1.77. The minimum absolute atomic E-state index is 0.0338. The summed E-state index contributed by atoms with van der Waals surface area (Å²) in [4.78, 5) is 14.6. The predicted octanol–water partition coefficient (Wildman–Crippen LogP) is 1.33. The van der Waals surface area contributed by atoms with Gasteiger partial charge in [0.05, 0.1) is 18.8 Å². The third-order valence-electron chi connectivity index (χ3n) is 4.67. The standard InChI is InChI=1S/C17H26N6O/c1-17(2,3)14-7-8-16(24)23(20-14)10-13-6-5-9-22(13)11-15-19-18-12-21(15)4/h7-8,12-13H,5-6,9-11H2,1-4H3. The number of aryl methyl sites for hydroxylation is 1. The maximum absolute atomic E-state index is 12.2. The van der Waals surface area contributed by atoms with E-state index in [9.17, 15) is 4.79 Å². The van der Waals surface area contributed by atoms with Gasteiger partial charge in [-0.2, -0.15) is 5.10 Å². The summed E-state index contributed by atoms with van der Waals surface area (Å²) in [5.41, 5.74) is 0.845. The molecular weight excluding hydrogens is 304 g/mol. The molecule has 2 aromatic heterocycles. The van der Waals surface area contributed by atoms with E-state index in [0.29, 0.717) is 12.6 Å². The molecule has 1 aliphatic rings. The molecule has 1 atom stereocenters. The molecular formula is C17H26N6O. The SMILES string of the molecule is Cn1cnnc1CN1CCCC1Cn1nc(C(C)(C)C)ccc1=O. The van der Waals surface area contributed by atoms with E-state index >= 15 is 0 Å². The molecule has 7 heteroatoms. The van der Waals surface area contributed by atoms with Crippen LogP contribution in [0.5, 0.6) is 0 Å². The normalized spacial score (nSPS) is 19.1. The molecule has 0 spiro atoms. The zero-order valence-corrected chi connectivity index (χ0v) is 14.9. The molecule has 0 bridgehead atoms. The van der Waals surface area contributed by atoms with Crippen molar-refractivity contribution in [2.75, 3.05) is 6.54 Å². The van der Waals surface area contributed by atoms with Gasteiger partial charge in [0.15, 0.2) is 0 Å². The molecule has 3 rings (SSSR count). The third-order valence-corrected chi connectivity index (χ3v) is 4.67. The van der Waals surface area contributed by atoms with Crippen molar-refractivity contribution in [2.24, 2.45) is 7.05 Å². The lowest BCUT2D eigenvalue weighted by molar-refractivity contribution is 0.209. The van der Waals surface area contributed by atoms with E-state index < -0.39 is 0 Å². The zero-order chi connectivity index (χ0) is 17.3. The lowest BCUT2D eigenvalue weighted by Crippen LogP contribution is -2.38. The van der Waals surface area contributed by atoms with Gasteiger partial charge in [0, 0.05) is 24.6 Å². The Bertz CT molecular complexity index is 757. The summed E-state index contributed by atoms with van der Waals surface area (Å²) < 4.78 is 3.57. The van der Waals surface area contributed by atoms with Gasteiger partial charge in [-0.3, -0.25) is 9.69 Å². The quantitative estimate of drug-likeness (QED) is 0.846. The van der Waals surface area contributed by atoms with Gasteiger partial charge in [-0.05, 0) is 25.5 Å². The van der Waals surface area contributed by atoms with E-state index in [0.717, 1.165) is 37.4 Å². The van der Waals surface area contributed by atoms with Crippen LogP contribution >= 0.6 is 0 Å². The van der Waals surface area contributed by atoms with Crippen LogP contribution in [0, 0.1) is 0 Å². The molecule has 1 saturated heterocycles. The van der Waals surface area contributed by atoms with Crippen molar-refractivity contribution in [1.29, 1.82) is 0 Å². The highest BCUT2D eigenvalue weighted by atomic mass is 16.1. The molecule has 130 valence electrons. The van der Waals surface area contributed by atoms with Gasteiger partial charge in [-0.25, -0.2) is 4.68 Å². The molecule has 0 radical (unpaired) electrons. The maximum Gasteiger partial charge on any atom is 0.266 e. The van der Waals surface area contributed by atoms with Crippen molar-refractivity contribution in [3.8, 4) is 0 Å². The lowest BCUT2D eigenvalue weighted by atomic mass is 9.92. The fourth-order valence-corrected chi connectivity index (χ4v) is 3.12. The lowest BCUT2D eigenvalue weighted by Gasteiger charge is -2.25. The van der Waals surface area contributed by atoms with Crippen molar-refractivity contribution < 1.29 is 0 Å². The van der Waals surface area contributed by atoms with Gasteiger partial charge >= 0.3 is 0 Å². The van der Waals surface area contributed by atoms with Crippen LogP contribution in [0.1, 0.15) is 45.1 Å². The van der Waals surface area contributed by atoms with Gasteiger partial charge in [-0.15, -0.1) is 10.2 Å². The summed E-state index contributed by atoms with van der Waals surface area (Å²) in [6.45, 7) is 8.74. The van der Waals surface area contributed by atoms with Crippen LogP contribution in [0.3, 0.4) is 0 Å². The largest absolute Gasteiger partial charge is 0.320 e. The summed E-state index contributed by atoms with van der Waals surface area (Å²) in [6.07, 6.45) is 3.93. The number of hydrogen-bond donors (Lipinski definition) is 0. The van der Waals surface area contributed by atoms with Crippen LogP contribution in [-0.2, 0) is 25.6 Å². The average Bonchev–Trinajstić information content (AvgIpc) is 3.11. The van der Waals surface area contributed by atoms with Crippen molar-refractivity contribution in [3.05, 3.63) is 40.3 Å². The highest BCUT2D eigenvalue weighted by Crippen LogP contribution is 2.21. The van der Waals surface area contributed by atoms with E-state index in [2.05, 4.69) is 41.0 Å². The van der Waals surface area contributed by atoms with Crippen molar-refractivity contribution in [1.82, 2.24) is 29.4 Å². The highest BCUT2D eigenvalue weighted by molar-refractivity contribution is 5.10. The zero-order valence-electron chi connectivity index (χ0n) is 14.9. The van der Waals surface area contributed by atoms with E-state index in [1.807, 2.05) is 17.7 Å². The molecule has 1 unspecified atom stereocenters. The van der Waals surface area contributed by atoms with E-state index in [1.54, 1.807) is 17.1 Å². The fourth-order valence-electron chi connectivity index (χ4n) is 3.12. The monoisotopic (exact) mass is 330 g/mol. The molecule has 0 N–H and O–H groups in total. The first-order valence-electron chi connectivity index (χ1n) is 8.50. The van der Waals surface area contributed by atoms with Crippen LogP contribution in [0.25, 0.3) is 0 Å². The Kier molecular flexibility index (Phi) is 4.54. The summed E-state index contributed by atoms with van der Waals surface area (Å²) in [5, 5.41) is 12.7. The molecule has 24 heavy (non-hydrogen) atoms. The van der Waals surface area contributed by atoms with Crippen molar-refractivity contribution in [3.63, 3.8) is 0 Å². The number of nitrogens with zero attached hydrogens (tertiary/aromatic N) is 6. The minimum atomic E-state index is -0.0660.